The van der Waals surface area contributed by atoms with Crippen molar-refractivity contribution in [3.8, 4) is 11.5 Å². The van der Waals surface area contributed by atoms with Gasteiger partial charge < -0.3 is 14.6 Å². The molecule has 2 atom stereocenters. The number of benzene rings is 2. The summed E-state index contributed by atoms with van der Waals surface area (Å²) in [6.07, 6.45) is 0.505. The quantitative estimate of drug-likeness (QED) is 0.311. The van der Waals surface area contributed by atoms with Crippen molar-refractivity contribution < 1.29 is 34.2 Å². The van der Waals surface area contributed by atoms with Gasteiger partial charge in [-0.15, -0.1) is 0 Å². The zero-order valence-electron chi connectivity index (χ0n) is 16.4. The van der Waals surface area contributed by atoms with Gasteiger partial charge in [0.15, 0.2) is 11.5 Å². The number of carbonyl (C=O) groups is 3. The van der Waals surface area contributed by atoms with Crippen LogP contribution < -0.4 is 15.5 Å². The molecule has 0 saturated carbocycles. The van der Waals surface area contributed by atoms with Crippen molar-refractivity contribution in [1.82, 2.24) is 10.8 Å². The number of hydroxylamine groups is 1. The Morgan fingerprint density at radius 3 is 2.40 bits per heavy atom. The van der Waals surface area contributed by atoms with Crippen LogP contribution in [0.2, 0.25) is 0 Å². The highest BCUT2D eigenvalue weighted by Crippen LogP contribution is 2.34. The average Bonchev–Trinajstić information content (AvgIpc) is 2.76. The number of imide groups is 1. The van der Waals surface area contributed by atoms with Crippen LogP contribution in [0.15, 0.2) is 60.7 Å². The van der Waals surface area contributed by atoms with Crippen molar-refractivity contribution in [2.75, 3.05) is 7.11 Å². The molecule has 0 aliphatic rings. The molecule has 9 heteroatoms. The molecule has 0 aliphatic heterocycles. The van der Waals surface area contributed by atoms with Crippen molar-refractivity contribution >= 4 is 17.9 Å². The highest BCUT2D eigenvalue weighted by atomic mass is 16.6. The zero-order valence-corrected chi connectivity index (χ0v) is 16.4. The number of hydrogen-bond acceptors (Lipinski definition) is 7. The number of hydrogen-bond donors (Lipinski definition) is 4. The second-order valence-corrected chi connectivity index (χ2v) is 6.27. The molecule has 2 aromatic rings. The van der Waals surface area contributed by atoms with E-state index in [0.717, 1.165) is 6.08 Å². The molecule has 0 radical (unpaired) electrons. The van der Waals surface area contributed by atoms with Crippen LogP contribution in [-0.2, 0) is 9.53 Å². The predicted octanol–water partition coefficient (Wildman–Crippen LogP) is 2.71. The van der Waals surface area contributed by atoms with Crippen LogP contribution in [0, 0.1) is 5.92 Å². The third-order valence-corrected chi connectivity index (χ3v) is 4.16. The van der Waals surface area contributed by atoms with Crippen LogP contribution in [-0.4, -0.2) is 35.3 Å². The number of carbonyl (C=O) groups excluding carboxylic acids is 3. The van der Waals surface area contributed by atoms with Crippen molar-refractivity contribution in [3.63, 3.8) is 0 Å². The first-order chi connectivity index (χ1) is 14.3. The van der Waals surface area contributed by atoms with Gasteiger partial charge in [0, 0.05) is 17.6 Å². The summed E-state index contributed by atoms with van der Waals surface area (Å²) in [7, 11) is 1.39. The summed E-state index contributed by atoms with van der Waals surface area (Å²) in [6, 6.07) is 12.5. The van der Waals surface area contributed by atoms with Crippen LogP contribution in [0.25, 0.3) is 0 Å². The van der Waals surface area contributed by atoms with E-state index in [4.69, 9.17) is 14.7 Å². The Bertz CT molecular complexity index is 928. The number of alkyl carbamates (subject to hydrolysis) is 1. The highest BCUT2D eigenvalue weighted by molar-refractivity contribution is 6.02. The van der Waals surface area contributed by atoms with Gasteiger partial charge in [-0.2, -0.15) is 0 Å². The number of nitrogens with one attached hydrogen (secondary N) is 2. The molecular formula is C21H22N2O7. The number of rotatable bonds is 7. The fourth-order valence-electron chi connectivity index (χ4n) is 2.64. The average molecular weight is 414 g/mol. The molecule has 0 aromatic heterocycles. The van der Waals surface area contributed by atoms with Crippen molar-refractivity contribution in [2.45, 2.75) is 13.0 Å². The molecular weight excluding hydrogens is 392 g/mol. The minimum atomic E-state index is -1.00. The Balaban J connectivity index is 2.23. The summed E-state index contributed by atoms with van der Waals surface area (Å²) in [5.74, 6) is -1.91. The third kappa shape index (κ3) is 6.08. The van der Waals surface area contributed by atoms with Gasteiger partial charge in [-0.05, 0) is 29.8 Å². The molecule has 4 N–H and O–H groups in total. The van der Waals surface area contributed by atoms with Gasteiger partial charge in [-0.25, -0.2) is 10.3 Å². The fraction of sp³-hybridized carbons (Fsp3) is 0.190. The third-order valence-electron chi connectivity index (χ3n) is 4.16. The van der Waals surface area contributed by atoms with Crippen molar-refractivity contribution in [2.24, 2.45) is 5.92 Å². The molecule has 0 saturated heterocycles. The van der Waals surface area contributed by atoms with Gasteiger partial charge in [-0.1, -0.05) is 37.3 Å². The largest absolute Gasteiger partial charge is 0.504 e. The number of amides is 3. The lowest BCUT2D eigenvalue weighted by Crippen LogP contribution is -2.33. The Kier molecular flexibility index (Phi) is 7.95. The molecule has 30 heavy (non-hydrogen) atoms. The molecule has 158 valence electrons. The Morgan fingerprint density at radius 1 is 1.10 bits per heavy atom. The fourth-order valence-corrected chi connectivity index (χ4v) is 2.64. The van der Waals surface area contributed by atoms with E-state index in [9.17, 15) is 19.5 Å². The maximum absolute atomic E-state index is 12.3. The number of aromatic hydroxyl groups is 1. The molecule has 0 spiro atoms. The molecule has 0 aliphatic carbocycles. The smallest absolute Gasteiger partial charge is 0.414 e. The van der Waals surface area contributed by atoms with E-state index in [-0.39, 0.29) is 17.1 Å². The second-order valence-electron chi connectivity index (χ2n) is 6.27. The highest BCUT2D eigenvalue weighted by Gasteiger charge is 2.24. The molecule has 2 rings (SSSR count). The van der Waals surface area contributed by atoms with Crippen LogP contribution in [0.3, 0.4) is 0 Å². The normalized spacial score (nSPS) is 12.6. The number of phenols is 1. The summed E-state index contributed by atoms with van der Waals surface area (Å²) in [4.78, 5) is 35.8. The van der Waals surface area contributed by atoms with Crippen LogP contribution in [0.5, 0.6) is 11.5 Å². The number of phenolic OH excluding ortho intramolecular Hbond substituents is 1. The Hall–Kier alpha value is -3.85. The first-order valence-electron chi connectivity index (χ1n) is 8.92. The van der Waals surface area contributed by atoms with Gasteiger partial charge in [0.05, 0.1) is 7.11 Å². The number of ether oxygens (including phenoxy) is 2. The van der Waals surface area contributed by atoms with Crippen LogP contribution >= 0.6 is 0 Å². The van der Waals surface area contributed by atoms with E-state index >= 15 is 0 Å². The molecule has 2 aromatic carbocycles. The SMILES string of the molecule is COc1ccc([C@@H](OC(=O)NC(=O)c2ccccc2)[C@H](C)/C=C/C(=O)NO)cc1O. The second kappa shape index (κ2) is 10.6. The van der Waals surface area contributed by atoms with E-state index < -0.39 is 29.9 Å². The lowest BCUT2D eigenvalue weighted by molar-refractivity contribution is -0.124. The zero-order chi connectivity index (χ0) is 22.1. The van der Waals surface area contributed by atoms with Crippen LogP contribution in [0.1, 0.15) is 28.9 Å². The van der Waals surface area contributed by atoms with Gasteiger partial charge >= 0.3 is 6.09 Å². The van der Waals surface area contributed by atoms with Crippen LogP contribution in [0.4, 0.5) is 4.79 Å². The standard InChI is InChI=1S/C21H22N2O7/c1-13(8-11-18(25)23-28)19(15-9-10-17(29-2)16(24)12-15)30-21(27)22-20(26)14-6-4-3-5-7-14/h3-13,19,24,28H,1-2H3,(H,23,25)(H,22,26,27)/b11-8+/t13-,19+/m1/s1. The van der Waals surface area contributed by atoms with E-state index in [1.54, 1.807) is 43.3 Å². The lowest BCUT2D eigenvalue weighted by Gasteiger charge is -2.23. The van der Waals surface area contributed by atoms with Crippen molar-refractivity contribution in [1.29, 1.82) is 0 Å². The summed E-state index contributed by atoms with van der Waals surface area (Å²) in [6.45, 7) is 1.65. The molecule has 0 bridgehead atoms. The van der Waals surface area contributed by atoms with Gasteiger partial charge in [0.1, 0.15) is 6.10 Å². The minimum absolute atomic E-state index is 0.173. The maximum Gasteiger partial charge on any atom is 0.414 e. The summed E-state index contributed by atoms with van der Waals surface area (Å²) in [5.41, 5.74) is 2.14. The van der Waals surface area contributed by atoms with Gasteiger partial charge in [0.25, 0.3) is 11.8 Å². The molecule has 0 unspecified atom stereocenters. The Morgan fingerprint density at radius 2 is 1.80 bits per heavy atom. The maximum atomic E-state index is 12.3. The first-order valence-corrected chi connectivity index (χ1v) is 8.92. The summed E-state index contributed by atoms with van der Waals surface area (Å²) < 4.78 is 10.4. The molecule has 9 nitrogen and oxygen atoms in total. The van der Waals surface area contributed by atoms with Gasteiger partial charge in [0.2, 0.25) is 0 Å². The monoisotopic (exact) mass is 414 g/mol. The molecule has 3 amide bonds. The lowest BCUT2D eigenvalue weighted by atomic mass is 9.96. The predicted molar refractivity (Wildman–Crippen MR) is 106 cm³/mol. The van der Waals surface area contributed by atoms with Gasteiger partial charge in [-0.3, -0.25) is 20.1 Å². The summed E-state index contributed by atoms with van der Waals surface area (Å²) >= 11 is 0. The van der Waals surface area contributed by atoms with E-state index in [2.05, 4.69) is 5.32 Å². The molecule has 0 fully saturated rings. The topological polar surface area (TPSA) is 134 Å². The van der Waals surface area contributed by atoms with E-state index in [1.807, 2.05) is 0 Å². The minimum Gasteiger partial charge on any atom is -0.504 e. The Labute approximate surface area is 172 Å². The first kappa shape index (κ1) is 22.4. The number of methoxy groups -OCH3 is 1. The van der Waals surface area contributed by atoms with E-state index in [0.29, 0.717) is 5.56 Å². The summed E-state index contributed by atoms with van der Waals surface area (Å²) in [5, 5.41) is 20.8. The van der Waals surface area contributed by atoms with Crippen molar-refractivity contribution in [3.05, 3.63) is 71.8 Å². The molecule has 0 heterocycles. The van der Waals surface area contributed by atoms with E-state index in [1.165, 1.54) is 30.8 Å².